The normalized spacial score (nSPS) is 19.4. The molecule has 1 saturated carbocycles. The first kappa shape index (κ1) is 20.8. The van der Waals surface area contributed by atoms with Gasteiger partial charge in [-0.2, -0.15) is 18.2 Å². The van der Waals surface area contributed by atoms with Crippen LogP contribution in [0.1, 0.15) is 25.0 Å². The van der Waals surface area contributed by atoms with Crippen molar-refractivity contribution in [1.82, 2.24) is 15.0 Å². The van der Waals surface area contributed by atoms with E-state index in [1.165, 1.54) is 11.3 Å². The Balaban J connectivity index is 1.71. The fourth-order valence-corrected chi connectivity index (χ4v) is 4.77. The predicted molar refractivity (Wildman–Crippen MR) is 111 cm³/mol. The van der Waals surface area contributed by atoms with Crippen LogP contribution in [0.25, 0.3) is 20.8 Å². The average molecular weight is 439 g/mol. The lowest BCUT2D eigenvalue weighted by Crippen LogP contribution is -2.23. The van der Waals surface area contributed by atoms with E-state index in [2.05, 4.69) is 25.6 Å². The number of halogens is 4. The van der Waals surface area contributed by atoms with Gasteiger partial charge in [0.25, 0.3) is 0 Å². The van der Waals surface area contributed by atoms with Crippen molar-refractivity contribution in [1.29, 1.82) is 0 Å². The van der Waals surface area contributed by atoms with Crippen molar-refractivity contribution in [3.05, 3.63) is 30.0 Å². The van der Waals surface area contributed by atoms with Crippen molar-refractivity contribution in [2.75, 3.05) is 23.9 Å². The third-order valence-corrected chi connectivity index (χ3v) is 6.20. The number of para-hydroxylation sites is 1. The molecule has 1 aromatic carbocycles. The molecule has 2 N–H and O–H groups in total. The van der Waals surface area contributed by atoms with Gasteiger partial charge in [-0.3, -0.25) is 4.39 Å². The fourth-order valence-electron chi connectivity index (χ4n) is 3.71. The number of aryl methyl sites for hydroxylation is 1. The van der Waals surface area contributed by atoms with Gasteiger partial charge in [0.1, 0.15) is 17.4 Å². The van der Waals surface area contributed by atoms with Gasteiger partial charge >= 0.3 is 6.18 Å². The number of nitrogens with one attached hydrogen (secondary N) is 2. The van der Waals surface area contributed by atoms with E-state index in [1.807, 2.05) is 24.3 Å². The van der Waals surface area contributed by atoms with Crippen molar-refractivity contribution < 1.29 is 17.6 Å². The molecule has 3 aromatic rings. The highest BCUT2D eigenvalue weighted by molar-refractivity contribution is 7.21. The second-order valence-electron chi connectivity index (χ2n) is 7.49. The number of alkyl halides is 4. The van der Waals surface area contributed by atoms with Gasteiger partial charge in [0.15, 0.2) is 0 Å². The van der Waals surface area contributed by atoms with Crippen LogP contribution in [0.4, 0.5) is 29.3 Å². The molecule has 2 aromatic heterocycles. The summed E-state index contributed by atoms with van der Waals surface area (Å²) in [4.78, 5) is 13.2. The molecule has 1 fully saturated rings. The van der Waals surface area contributed by atoms with Crippen LogP contribution in [0.5, 0.6) is 0 Å². The molecule has 2 unspecified atom stereocenters. The summed E-state index contributed by atoms with van der Waals surface area (Å²) in [5.41, 5.74) is 2.02. The Labute approximate surface area is 175 Å². The highest BCUT2D eigenvalue weighted by Crippen LogP contribution is 2.38. The number of aromatic nitrogens is 3. The Morgan fingerprint density at radius 3 is 2.63 bits per heavy atom. The van der Waals surface area contributed by atoms with E-state index in [1.54, 1.807) is 6.92 Å². The quantitative estimate of drug-likeness (QED) is 0.491. The van der Waals surface area contributed by atoms with Gasteiger partial charge in [0.05, 0.1) is 28.1 Å². The van der Waals surface area contributed by atoms with E-state index in [-0.39, 0.29) is 24.6 Å². The largest absolute Gasteiger partial charge is 0.405 e. The maximum Gasteiger partial charge on any atom is 0.405 e. The van der Waals surface area contributed by atoms with Crippen LogP contribution < -0.4 is 10.6 Å². The lowest BCUT2D eigenvalue weighted by Gasteiger charge is -2.18. The summed E-state index contributed by atoms with van der Waals surface area (Å²) in [6.45, 7) is 0.135. The minimum Gasteiger partial charge on any atom is -0.367 e. The minimum absolute atomic E-state index is 0.000778. The number of anilines is 2. The van der Waals surface area contributed by atoms with Crippen molar-refractivity contribution in [2.24, 2.45) is 5.92 Å². The highest BCUT2D eigenvalue weighted by atomic mass is 32.1. The molecule has 0 bridgehead atoms. The number of hydrogen-bond acceptors (Lipinski definition) is 6. The molecule has 2 heterocycles. The van der Waals surface area contributed by atoms with E-state index in [9.17, 15) is 17.6 Å². The Hall–Kier alpha value is -2.49. The molecule has 0 radical (unpaired) electrons. The molecule has 1 aliphatic rings. The van der Waals surface area contributed by atoms with Crippen molar-refractivity contribution in [3.8, 4) is 10.6 Å². The molecule has 0 amide bonds. The van der Waals surface area contributed by atoms with Gasteiger partial charge in [0.2, 0.25) is 5.95 Å². The van der Waals surface area contributed by atoms with Crippen LogP contribution >= 0.6 is 11.3 Å². The van der Waals surface area contributed by atoms with E-state index in [0.29, 0.717) is 28.5 Å². The van der Waals surface area contributed by atoms with Crippen LogP contribution in [-0.4, -0.2) is 40.4 Å². The van der Waals surface area contributed by atoms with Crippen LogP contribution in [0, 0.1) is 12.8 Å². The first-order valence-corrected chi connectivity index (χ1v) is 10.5. The molecule has 0 saturated heterocycles. The summed E-state index contributed by atoms with van der Waals surface area (Å²) in [7, 11) is 0. The van der Waals surface area contributed by atoms with Gasteiger partial charge < -0.3 is 10.6 Å². The Morgan fingerprint density at radius 2 is 1.93 bits per heavy atom. The number of fused-ring (bicyclic) bond motifs is 1. The molecule has 2 atom stereocenters. The molecule has 10 heteroatoms. The molecule has 0 spiro atoms. The molecule has 30 heavy (non-hydrogen) atoms. The molecule has 160 valence electrons. The second-order valence-corrected chi connectivity index (χ2v) is 8.52. The predicted octanol–water partition coefficient (Wildman–Crippen LogP) is 5.59. The zero-order valence-electron chi connectivity index (χ0n) is 16.3. The highest BCUT2D eigenvalue weighted by Gasteiger charge is 2.29. The maximum absolute atomic E-state index is 13.0. The van der Waals surface area contributed by atoms with Gasteiger partial charge in [-0.25, -0.2) is 9.97 Å². The topological polar surface area (TPSA) is 62.7 Å². The summed E-state index contributed by atoms with van der Waals surface area (Å²) < 4.78 is 51.9. The number of hydrogen-bond donors (Lipinski definition) is 2. The van der Waals surface area contributed by atoms with Crippen molar-refractivity contribution >= 4 is 33.3 Å². The van der Waals surface area contributed by atoms with Crippen molar-refractivity contribution in [3.63, 3.8) is 0 Å². The third-order valence-electron chi connectivity index (χ3n) is 5.14. The van der Waals surface area contributed by atoms with Gasteiger partial charge in [-0.05, 0) is 44.2 Å². The number of nitrogens with zero attached hydrogens (tertiary/aromatic N) is 3. The van der Waals surface area contributed by atoms with E-state index < -0.39 is 12.7 Å². The first-order valence-electron chi connectivity index (χ1n) is 9.70. The van der Waals surface area contributed by atoms with Crippen LogP contribution in [0.3, 0.4) is 0 Å². The van der Waals surface area contributed by atoms with Crippen molar-refractivity contribution in [2.45, 2.75) is 38.4 Å². The molecule has 5 nitrogen and oxygen atoms in total. The molecule has 1 aliphatic carbocycles. The number of rotatable bonds is 6. The minimum atomic E-state index is -4.38. The zero-order valence-corrected chi connectivity index (χ0v) is 17.1. The molecular weight excluding hydrogens is 418 g/mol. The average Bonchev–Trinajstić information content (AvgIpc) is 3.32. The fraction of sp³-hybridized carbons (Fsp3) is 0.450. The van der Waals surface area contributed by atoms with Gasteiger partial charge in [-0.15, -0.1) is 11.3 Å². The van der Waals surface area contributed by atoms with E-state index in [0.717, 1.165) is 23.1 Å². The Morgan fingerprint density at radius 1 is 1.13 bits per heavy atom. The lowest BCUT2D eigenvalue weighted by molar-refractivity contribution is -0.115. The third kappa shape index (κ3) is 4.63. The second kappa shape index (κ2) is 8.33. The summed E-state index contributed by atoms with van der Waals surface area (Å²) in [6.07, 6.45) is -2.17. The van der Waals surface area contributed by atoms with Gasteiger partial charge in [-0.1, -0.05) is 12.1 Å². The van der Waals surface area contributed by atoms with E-state index in [4.69, 9.17) is 0 Å². The van der Waals surface area contributed by atoms with Crippen LogP contribution in [-0.2, 0) is 0 Å². The lowest BCUT2D eigenvalue weighted by atomic mass is 10.1. The summed E-state index contributed by atoms with van der Waals surface area (Å²) in [6, 6.07) is 7.69. The standard InChI is InChI=1S/C20H21F4N5S/c1-11-16(18-28-14-4-2-3-5-15(14)30-18)17(27-13-7-6-12(8-13)9-21)29-19(26-11)25-10-20(22,23)24/h2-5,12-13H,6-10H2,1H3,(H2,25,26,27,29). The Kier molecular flexibility index (Phi) is 5.77. The van der Waals surface area contributed by atoms with Crippen LogP contribution in [0.15, 0.2) is 24.3 Å². The molecular formula is C20H21F4N5S. The van der Waals surface area contributed by atoms with Crippen LogP contribution in [0.2, 0.25) is 0 Å². The maximum atomic E-state index is 13.0. The molecule has 0 aliphatic heterocycles. The number of thiazole rings is 1. The summed E-state index contributed by atoms with van der Waals surface area (Å²) >= 11 is 1.47. The molecule has 4 rings (SSSR count). The first-order chi connectivity index (χ1) is 14.3. The van der Waals surface area contributed by atoms with Gasteiger partial charge in [0, 0.05) is 6.04 Å². The summed E-state index contributed by atoms with van der Waals surface area (Å²) in [5.74, 6) is 0.326. The monoisotopic (exact) mass is 439 g/mol. The summed E-state index contributed by atoms with van der Waals surface area (Å²) in [5, 5.41) is 6.27. The van der Waals surface area contributed by atoms with E-state index >= 15 is 0 Å². The smallest absolute Gasteiger partial charge is 0.367 e. The number of benzene rings is 1. The Bertz CT molecular complexity index is 1000. The SMILES string of the molecule is Cc1nc(NCC(F)(F)F)nc(NC2CCC(CF)C2)c1-c1nc2ccccc2s1. The zero-order chi connectivity index (χ0) is 21.3.